The number of nitrogens with zero attached hydrogens (tertiary/aromatic N) is 1. The quantitative estimate of drug-likeness (QED) is 0.776. The van der Waals surface area contributed by atoms with E-state index in [2.05, 4.69) is 21.2 Å². The molecule has 0 fully saturated rings. The lowest BCUT2D eigenvalue weighted by Gasteiger charge is -2.14. The van der Waals surface area contributed by atoms with Crippen LogP contribution in [0.25, 0.3) is 0 Å². The molecule has 1 unspecified atom stereocenters. The lowest BCUT2D eigenvalue weighted by Crippen LogP contribution is -2.46. The zero-order valence-corrected chi connectivity index (χ0v) is 13.2. The summed E-state index contributed by atoms with van der Waals surface area (Å²) in [5.41, 5.74) is 2.07. The van der Waals surface area contributed by atoms with Crippen molar-refractivity contribution < 1.29 is 22.8 Å². The van der Waals surface area contributed by atoms with Gasteiger partial charge in [0.05, 0.1) is 12.6 Å². The molecule has 134 valence electrons. The SMILES string of the molecule is O=C(Nc1ccc(F)cc1)C1=NNCC1NC(=O)c1c(F)cccc1F. The van der Waals surface area contributed by atoms with Crippen LogP contribution < -0.4 is 16.1 Å². The van der Waals surface area contributed by atoms with Crippen LogP contribution in [0.1, 0.15) is 10.4 Å². The van der Waals surface area contributed by atoms with E-state index in [9.17, 15) is 22.8 Å². The van der Waals surface area contributed by atoms with Gasteiger partial charge in [0.15, 0.2) is 0 Å². The topological polar surface area (TPSA) is 82.6 Å². The third-order valence-electron chi connectivity index (χ3n) is 3.65. The van der Waals surface area contributed by atoms with Gasteiger partial charge < -0.3 is 16.1 Å². The van der Waals surface area contributed by atoms with Crippen LogP contribution in [0.15, 0.2) is 47.6 Å². The Labute approximate surface area is 146 Å². The number of hydrazone groups is 1. The fourth-order valence-corrected chi connectivity index (χ4v) is 2.40. The minimum atomic E-state index is -1.01. The van der Waals surface area contributed by atoms with E-state index in [1.54, 1.807) is 0 Å². The monoisotopic (exact) mass is 362 g/mol. The van der Waals surface area contributed by atoms with Crippen LogP contribution in [0.2, 0.25) is 0 Å². The zero-order chi connectivity index (χ0) is 18.7. The van der Waals surface area contributed by atoms with E-state index in [0.29, 0.717) is 5.69 Å². The van der Waals surface area contributed by atoms with E-state index in [1.165, 1.54) is 24.3 Å². The van der Waals surface area contributed by atoms with Crippen LogP contribution in [0, 0.1) is 17.5 Å². The molecule has 3 rings (SSSR count). The van der Waals surface area contributed by atoms with Crippen molar-refractivity contribution in [2.24, 2.45) is 5.10 Å². The molecule has 2 aromatic carbocycles. The van der Waals surface area contributed by atoms with Crippen molar-refractivity contribution in [2.45, 2.75) is 6.04 Å². The molecule has 2 amide bonds. The average molecular weight is 362 g/mol. The molecule has 1 atom stereocenters. The smallest absolute Gasteiger partial charge is 0.274 e. The Hall–Kier alpha value is -3.36. The summed E-state index contributed by atoms with van der Waals surface area (Å²) in [6.45, 7) is 0.0774. The number of nitrogens with one attached hydrogen (secondary N) is 3. The van der Waals surface area contributed by atoms with Crippen molar-refractivity contribution >= 4 is 23.2 Å². The summed E-state index contributed by atoms with van der Waals surface area (Å²) in [5.74, 6) is -4.12. The first-order valence-corrected chi connectivity index (χ1v) is 7.58. The molecule has 0 radical (unpaired) electrons. The van der Waals surface area contributed by atoms with E-state index in [0.717, 1.165) is 18.2 Å². The molecule has 3 N–H and O–H groups in total. The molecule has 2 aromatic rings. The number of rotatable bonds is 4. The predicted molar refractivity (Wildman–Crippen MR) is 88.1 cm³/mol. The van der Waals surface area contributed by atoms with Gasteiger partial charge in [0, 0.05) is 5.69 Å². The lowest BCUT2D eigenvalue weighted by atomic mass is 10.1. The maximum Gasteiger partial charge on any atom is 0.274 e. The molecule has 0 aromatic heterocycles. The van der Waals surface area contributed by atoms with Crippen LogP contribution >= 0.6 is 0 Å². The zero-order valence-electron chi connectivity index (χ0n) is 13.2. The van der Waals surface area contributed by atoms with Gasteiger partial charge in [-0.25, -0.2) is 13.2 Å². The highest BCUT2D eigenvalue weighted by Gasteiger charge is 2.30. The van der Waals surface area contributed by atoms with Crippen LogP contribution in [0.4, 0.5) is 18.9 Å². The van der Waals surface area contributed by atoms with E-state index in [1.807, 2.05) is 0 Å². The Morgan fingerprint density at radius 1 is 1.00 bits per heavy atom. The number of hydrogen-bond acceptors (Lipinski definition) is 4. The number of hydrogen-bond donors (Lipinski definition) is 3. The highest BCUT2D eigenvalue weighted by Crippen LogP contribution is 2.13. The largest absolute Gasteiger partial charge is 0.341 e. The van der Waals surface area contributed by atoms with E-state index in [-0.39, 0.29) is 12.3 Å². The Morgan fingerprint density at radius 2 is 1.65 bits per heavy atom. The maximum absolute atomic E-state index is 13.7. The molecule has 6 nitrogen and oxygen atoms in total. The van der Waals surface area contributed by atoms with Crippen molar-refractivity contribution in [3.05, 3.63) is 65.5 Å². The first-order chi connectivity index (χ1) is 12.5. The summed E-state index contributed by atoms with van der Waals surface area (Å²) >= 11 is 0. The standard InChI is InChI=1S/C17H13F3N4O2/c18-9-4-6-10(7-5-9)22-17(26)15-13(8-21-24-15)23-16(25)14-11(19)2-1-3-12(14)20/h1-7,13,21H,8H2,(H,22,26)(H,23,25). The number of halogens is 3. The third kappa shape index (κ3) is 3.66. The van der Waals surface area contributed by atoms with E-state index < -0.39 is 40.9 Å². The van der Waals surface area contributed by atoms with Gasteiger partial charge >= 0.3 is 0 Å². The average Bonchev–Trinajstić information content (AvgIpc) is 3.05. The number of carbonyl (C=O) groups excluding carboxylic acids is 2. The lowest BCUT2D eigenvalue weighted by molar-refractivity contribution is -0.110. The second-order valence-corrected chi connectivity index (χ2v) is 5.44. The van der Waals surface area contributed by atoms with Crippen molar-refractivity contribution in [1.82, 2.24) is 10.7 Å². The summed E-state index contributed by atoms with van der Waals surface area (Å²) < 4.78 is 40.3. The summed E-state index contributed by atoms with van der Waals surface area (Å²) in [5, 5.41) is 8.67. The highest BCUT2D eigenvalue weighted by atomic mass is 19.1. The second-order valence-electron chi connectivity index (χ2n) is 5.44. The first-order valence-electron chi connectivity index (χ1n) is 7.58. The van der Waals surface area contributed by atoms with Crippen molar-refractivity contribution in [2.75, 3.05) is 11.9 Å². The molecule has 1 aliphatic rings. The van der Waals surface area contributed by atoms with Crippen molar-refractivity contribution in [3.8, 4) is 0 Å². The molecule has 1 heterocycles. The number of anilines is 1. The van der Waals surface area contributed by atoms with E-state index in [4.69, 9.17) is 0 Å². The predicted octanol–water partition coefficient (Wildman–Crippen LogP) is 1.80. The van der Waals surface area contributed by atoms with Gasteiger partial charge in [-0.05, 0) is 36.4 Å². The Kier molecular flexibility index (Phi) is 4.87. The first kappa shape index (κ1) is 17.5. The van der Waals surface area contributed by atoms with Gasteiger partial charge in [-0.15, -0.1) is 0 Å². The molecule has 1 aliphatic heterocycles. The number of carbonyl (C=O) groups is 2. The normalized spacial score (nSPS) is 15.8. The third-order valence-corrected chi connectivity index (χ3v) is 3.65. The van der Waals surface area contributed by atoms with E-state index >= 15 is 0 Å². The molecular formula is C17H13F3N4O2. The molecular weight excluding hydrogens is 349 g/mol. The minimum Gasteiger partial charge on any atom is -0.341 e. The van der Waals surface area contributed by atoms with Crippen molar-refractivity contribution in [1.29, 1.82) is 0 Å². The molecule has 9 heteroatoms. The molecule has 0 bridgehead atoms. The number of benzene rings is 2. The van der Waals surface area contributed by atoms with Gasteiger partial charge in [0.2, 0.25) is 0 Å². The van der Waals surface area contributed by atoms with Crippen LogP contribution in [-0.4, -0.2) is 30.1 Å². The van der Waals surface area contributed by atoms with Gasteiger partial charge in [-0.2, -0.15) is 5.10 Å². The van der Waals surface area contributed by atoms with Gasteiger partial charge in [-0.1, -0.05) is 6.07 Å². The molecule has 0 saturated heterocycles. The minimum absolute atomic E-state index is 0.0700. The summed E-state index contributed by atoms with van der Waals surface area (Å²) in [7, 11) is 0. The Balaban J connectivity index is 1.71. The van der Waals surface area contributed by atoms with Crippen LogP contribution in [0.3, 0.4) is 0 Å². The fraction of sp³-hybridized carbons (Fsp3) is 0.118. The van der Waals surface area contributed by atoms with Gasteiger partial charge in [0.25, 0.3) is 11.8 Å². The van der Waals surface area contributed by atoms with Crippen LogP contribution in [0.5, 0.6) is 0 Å². The van der Waals surface area contributed by atoms with Crippen LogP contribution in [-0.2, 0) is 4.79 Å². The Morgan fingerprint density at radius 3 is 2.31 bits per heavy atom. The summed E-state index contributed by atoms with van der Waals surface area (Å²) in [6.07, 6.45) is 0. The molecule has 0 spiro atoms. The van der Waals surface area contributed by atoms with Crippen molar-refractivity contribution in [3.63, 3.8) is 0 Å². The highest BCUT2D eigenvalue weighted by molar-refractivity contribution is 6.45. The Bertz CT molecular complexity index is 864. The fourth-order valence-electron chi connectivity index (χ4n) is 2.40. The summed E-state index contributed by atoms with van der Waals surface area (Å²) in [4.78, 5) is 24.4. The molecule has 26 heavy (non-hydrogen) atoms. The summed E-state index contributed by atoms with van der Waals surface area (Å²) in [6, 6.07) is 7.23. The molecule has 0 saturated carbocycles. The molecule has 0 aliphatic carbocycles. The maximum atomic E-state index is 13.7. The van der Waals surface area contributed by atoms with Gasteiger partial charge in [0.1, 0.15) is 28.7 Å². The second kappa shape index (κ2) is 7.26. The van der Waals surface area contributed by atoms with Gasteiger partial charge in [-0.3, -0.25) is 9.59 Å². The number of amides is 2.